The summed E-state index contributed by atoms with van der Waals surface area (Å²) < 4.78 is 19.7. The Morgan fingerprint density at radius 3 is 2.65 bits per heavy atom. The molecule has 0 aromatic heterocycles. The second-order valence-electron chi connectivity index (χ2n) is 4.04. The zero-order valence-corrected chi connectivity index (χ0v) is 12.3. The summed E-state index contributed by atoms with van der Waals surface area (Å²) in [7, 11) is 1.49. The van der Waals surface area contributed by atoms with E-state index < -0.39 is 17.5 Å². The Balaban J connectivity index is 3.21. The number of hydrogen-bond donors (Lipinski definition) is 1. The van der Waals surface area contributed by atoms with Crippen LogP contribution in [0, 0.1) is 5.82 Å². The summed E-state index contributed by atoms with van der Waals surface area (Å²) in [5.41, 5.74) is -0.692. The molecule has 2 unspecified atom stereocenters. The quantitative estimate of drug-likeness (QED) is 0.845. The average Bonchev–Trinajstić information content (AvgIpc) is 2.34. The van der Waals surface area contributed by atoms with Crippen molar-refractivity contribution in [2.24, 2.45) is 0 Å². The molecule has 0 heterocycles. The number of halogens is 3. The van der Waals surface area contributed by atoms with E-state index in [0.717, 1.165) is 0 Å². The lowest BCUT2D eigenvalue weighted by Crippen LogP contribution is -2.35. The van der Waals surface area contributed by atoms with Crippen molar-refractivity contribution in [3.8, 4) is 0 Å². The molecule has 1 rings (SSSR count). The van der Waals surface area contributed by atoms with Gasteiger partial charge in [-0.05, 0) is 35.3 Å². The van der Waals surface area contributed by atoms with Crippen LogP contribution in [0.25, 0.3) is 0 Å². The third kappa shape index (κ3) is 2.81. The highest BCUT2D eigenvalue weighted by atomic mass is 79.9. The SMILES string of the molecule is CCC(C)(OC)C(O)c1ccc(Br)c(Cl)c1F. The van der Waals surface area contributed by atoms with Gasteiger partial charge in [0.15, 0.2) is 0 Å². The van der Waals surface area contributed by atoms with Gasteiger partial charge in [0.1, 0.15) is 11.9 Å². The van der Waals surface area contributed by atoms with E-state index in [1.54, 1.807) is 13.0 Å². The summed E-state index contributed by atoms with van der Waals surface area (Å²) in [4.78, 5) is 0. The average molecular weight is 326 g/mol. The van der Waals surface area contributed by atoms with Crippen molar-refractivity contribution >= 4 is 27.5 Å². The van der Waals surface area contributed by atoms with E-state index in [1.165, 1.54) is 13.2 Å². The lowest BCUT2D eigenvalue weighted by molar-refractivity contribution is -0.0955. The van der Waals surface area contributed by atoms with Crippen molar-refractivity contribution in [1.82, 2.24) is 0 Å². The van der Waals surface area contributed by atoms with Gasteiger partial charge in [-0.3, -0.25) is 0 Å². The molecule has 0 spiro atoms. The van der Waals surface area contributed by atoms with Crippen molar-refractivity contribution < 1.29 is 14.2 Å². The molecule has 5 heteroatoms. The second-order valence-corrected chi connectivity index (χ2v) is 5.27. The molecular formula is C12H15BrClFO2. The first-order valence-corrected chi connectivity index (χ1v) is 6.41. The normalized spacial score (nSPS) is 16.6. The maximum atomic E-state index is 13.9. The van der Waals surface area contributed by atoms with Gasteiger partial charge in [0.25, 0.3) is 0 Å². The van der Waals surface area contributed by atoms with Crippen LogP contribution in [0.1, 0.15) is 31.9 Å². The van der Waals surface area contributed by atoms with Gasteiger partial charge in [-0.25, -0.2) is 4.39 Å². The van der Waals surface area contributed by atoms with Crippen LogP contribution in [0.4, 0.5) is 4.39 Å². The van der Waals surface area contributed by atoms with Crippen molar-refractivity contribution in [3.63, 3.8) is 0 Å². The molecule has 1 N–H and O–H groups in total. The maximum absolute atomic E-state index is 13.9. The lowest BCUT2D eigenvalue weighted by atomic mass is 9.90. The first-order valence-electron chi connectivity index (χ1n) is 5.24. The van der Waals surface area contributed by atoms with Crippen LogP contribution in [-0.4, -0.2) is 17.8 Å². The molecule has 1 aromatic carbocycles. The second kappa shape index (κ2) is 5.65. The summed E-state index contributed by atoms with van der Waals surface area (Å²) >= 11 is 8.92. The minimum atomic E-state index is -1.07. The fraction of sp³-hybridized carbons (Fsp3) is 0.500. The Kier molecular flexibility index (Phi) is 4.95. The summed E-state index contributed by atoms with van der Waals surface area (Å²) in [6, 6.07) is 3.11. The first-order chi connectivity index (χ1) is 7.87. The van der Waals surface area contributed by atoms with E-state index in [1.807, 2.05) is 6.92 Å². The van der Waals surface area contributed by atoms with Crippen molar-refractivity contribution in [2.75, 3.05) is 7.11 Å². The number of methoxy groups -OCH3 is 1. The standard InChI is InChI=1S/C12H15BrClFO2/c1-4-12(2,17-3)11(16)7-5-6-8(13)9(14)10(7)15/h5-6,11,16H,4H2,1-3H3. The van der Waals surface area contributed by atoms with Crippen LogP contribution in [-0.2, 0) is 4.74 Å². The number of rotatable bonds is 4. The molecule has 0 saturated carbocycles. The molecule has 17 heavy (non-hydrogen) atoms. The first kappa shape index (κ1) is 14.9. The summed E-state index contributed by atoms with van der Waals surface area (Å²) in [6.07, 6.45) is -0.513. The van der Waals surface area contributed by atoms with E-state index >= 15 is 0 Å². The van der Waals surface area contributed by atoms with Crippen molar-refractivity contribution in [2.45, 2.75) is 32.0 Å². The van der Waals surface area contributed by atoms with E-state index in [4.69, 9.17) is 16.3 Å². The molecule has 96 valence electrons. The predicted octanol–water partition coefficient (Wildman–Crippen LogP) is 4.09. The largest absolute Gasteiger partial charge is 0.385 e. The van der Waals surface area contributed by atoms with Gasteiger partial charge < -0.3 is 9.84 Å². The molecule has 0 amide bonds. The molecule has 2 nitrogen and oxygen atoms in total. The Hall–Kier alpha value is -0.160. The molecule has 0 saturated heterocycles. The van der Waals surface area contributed by atoms with Gasteiger partial charge in [-0.1, -0.05) is 24.6 Å². The van der Waals surface area contributed by atoms with Gasteiger partial charge in [0.2, 0.25) is 0 Å². The monoisotopic (exact) mass is 324 g/mol. The van der Waals surface area contributed by atoms with Gasteiger partial charge in [0, 0.05) is 17.1 Å². The Labute approximate surface area is 114 Å². The highest BCUT2D eigenvalue weighted by Crippen LogP contribution is 2.36. The minimum Gasteiger partial charge on any atom is -0.385 e. The maximum Gasteiger partial charge on any atom is 0.148 e. The van der Waals surface area contributed by atoms with Crippen LogP contribution < -0.4 is 0 Å². The van der Waals surface area contributed by atoms with E-state index in [0.29, 0.717) is 10.9 Å². The van der Waals surface area contributed by atoms with Gasteiger partial charge in [-0.2, -0.15) is 0 Å². The zero-order valence-electron chi connectivity index (χ0n) is 9.93. The van der Waals surface area contributed by atoms with Crippen LogP contribution in [0.15, 0.2) is 16.6 Å². The van der Waals surface area contributed by atoms with E-state index in [2.05, 4.69) is 15.9 Å². The van der Waals surface area contributed by atoms with Gasteiger partial charge in [-0.15, -0.1) is 0 Å². The van der Waals surface area contributed by atoms with Crippen LogP contribution in [0.2, 0.25) is 5.02 Å². The topological polar surface area (TPSA) is 29.5 Å². The summed E-state index contributed by atoms with van der Waals surface area (Å²) in [5.74, 6) is -0.620. The zero-order chi connectivity index (χ0) is 13.2. The highest BCUT2D eigenvalue weighted by molar-refractivity contribution is 9.10. The van der Waals surface area contributed by atoms with Crippen LogP contribution in [0.5, 0.6) is 0 Å². The van der Waals surface area contributed by atoms with Gasteiger partial charge >= 0.3 is 0 Å². The molecule has 0 fully saturated rings. The highest BCUT2D eigenvalue weighted by Gasteiger charge is 2.34. The Morgan fingerprint density at radius 2 is 2.18 bits per heavy atom. The fourth-order valence-electron chi connectivity index (χ4n) is 1.53. The molecule has 0 aliphatic rings. The molecule has 0 radical (unpaired) electrons. The molecule has 2 atom stereocenters. The number of aliphatic hydroxyl groups is 1. The number of ether oxygens (including phenoxy) is 1. The third-order valence-electron chi connectivity index (χ3n) is 3.11. The summed E-state index contributed by atoms with van der Waals surface area (Å²) in [6.45, 7) is 3.60. The van der Waals surface area contributed by atoms with Gasteiger partial charge in [0.05, 0.1) is 10.6 Å². The molecule has 0 bridgehead atoms. The minimum absolute atomic E-state index is 0.0314. The predicted molar refractivity (Wildman–Crippen MR) is 69.8 cm³/mol. The molecule has 0 aliphatic carbocycles. The lowest BCUT2D eigenvalue weighted by Gasteiger charge is -2.32. The van der Waals surface area contributed by atoms with Crippen molar-refractivity contribution in [3.05, 3.63) is 33.0 Å². The third-order valence-corrected chi connectivity index (χ3v) is 4.37. The van der Waals surface area contributed by atoms with E-state index in [-0.39, 0.29) is 10.6 Å². The van der Waals surface area contributed by atoms with Crippen LogP contribution >= 0.6 is 27.5 Å². The fourth-order valence-corrected chi connectivity index (χ4v) is 2.01. The Morgan fingerprint density at radius 1 is 1.59 bits per heavy atom. The number of hydrogen-bond acceptors (Lipinski definition) is 2. The molecule has 1 aromatic rings. The van der Waals surface area contributed by atoms with E-state index in [9.17, 15) is 9.50 Å². The smallest absolute Gasteiger partial charge is 0.148 e. The van der Waals surface area contributed by atoms with Crippen molar-refractivity contribution in [1.29, 1.82) is 0 Å². The number of aliphatic hydroxyl groups excluding tert-OH is 1. The molecule has 0 aliphatic heterocycles. The Bertz CT molecular complexity index is 408. The van der Waals surface area contributed by atoms with Crippen LogP contribution in [0.3, 0.4) is 0 Å². The molecular weight excluding hydrogens is 310 g/mol. The number of benzene rings is 1. The summed E-state index contributed by atoms with van der Waals surface area (Å²) in [5, 5.41) is 10.2.